The highest BCUT2D eigenvalue weighted by Gasteiger charge is 2.18. The first kappa shape index (κ1) is 10.3. The molecule has 1 nitrogen and oxygen atoms in total. The van der Waals surface area contributed by atoms with Gasteiger partial charge in [-0.05, 0) is 69.1 Å². The van der Waals surface area contributed by atoms with E-state index in [1.54, 1.807) is 0 Å². The van der Waals surface area contributed by atoms with E-state index in [0.29, 0.717) is 0 Å². The van der Waals surface area contributed by atoms with Gasteiger partial charge in [0.1, 0.15) is 0 Å². The Morgan fingerprint density at radius 1 is 0.700 bits per heavy atom. The number of fused-ring (bicyclic) bond motifs is 5. The Balaban J connectivity index is 1.87. The molecule has 1 N–H and O–H groups in total. The summed E-state index contributed by atoms with van der Waals surface area (Å²) in [5, 5.41) is 3.94. The average Bonchev–Trinajstić information content (AvgIpc) is 3.05. The van der Waals surface area contributed by atoms with Gasteiger partial charge in [-0.1, -0.05) is 30.3 Å². The summed E-state index contributed by atoms with van der Waals surface area (Å²) in [6.07, 6.45) is 3.07. The van der Waals surface area contributed by atoms with Crippen LogP contribution in [0.5, 0.6) is 0 Å². The van der Waals surface area contributed by atoms with Crippen LogP contribution in [-0.4, -0.2) is 4.98 Å². The monoisotopic (exact) mass is 255 g/mol. The lowest BCUT2D eigenvalue weighted by atomic mass is 9.99. The van der Waals surface area contributed by atoms with Crippen LogP contribution in [0.1, 0.15) is 11.1 Å². The third kappa shape index (κ3) is 1.27. The Hall–Kier alpha value is -2.54. The number of aromatic nitrogens is 1. The molecule has 1 heterocycles. The van der Waals surface area contributed by atoms with E-state index in [1.807, 2.05) is 6.20 Å². The lowest BCUT2D eigenvalue weighted by molar-refractivity contribution is 1.27. The van der Waals surface area contributed by atoms with Crippen molar-refractivity contribution in [2.45, 2.75) is 6.42 Å². The summed E-state index contributed by atoms with van der Waals surface area (Å²) >= 11 is 0. The lowest BCUT2D eigenvalue weighted by Gasteiger charge is -2.05. The molecule has 0 spiro atoms. The van der Waals surface area contributed by atoms with Crippen molar-refractivity contribution in [1.82, 2.24) is 4.98 Å². The highest BCUT2D eigenvalue weighted by atomic mass is 14.7. The second kappa shape index (κ2) is 3.51. The predicted octanol–water partition coefficient (Wildman–Crippen LogP) is 4.89. The number of hydrogen-bond donors (Lipinski definition) is 1. The molecule has 0 aliphatic heterocycles. The van der Waals surface area contributed by atoms with E-state index < -0.39 is 0 Å². The topological polar surface area (TPSA) is 15.8 Å². The summed E-state index contributed by atoms with van der Waals surface area (Å²) < 4.78 is 0. The van der Waals surface area contributed by atoms with Crippen molar-refractivity contribution in [3.05, 3.63) is 71.9 Å². The Kier molecular flexibility index (Phi) is 1.80. The van der Waals surface area contributed by atoms with Crippen molar-refractivity contribution in [2.24, 2.45) is 0 Å². The van der Waals surface area contributed by atoms with Crippen molar-refractivity contribution in [3.8, 4) is 11.1 Å². The molecule has 0 radical (unpaired) electrons. The van der Waals surface area contributed by atoms with E-state index >= 15 is 0 Å². The zero-order chi connectivity index (χ0) is 13.1. The molecule has 0 fully saturated rings. The fourth-order valence-corrected chi connectivity index (χ4v) is 3.44. The van der Waals surface area contributed by atoms with E-state index in [1.165, 1.54) is 43.9 Å². The summed E-state index contributed by atoms with van der Waals surface area (Å²) in [6, 6.07) is 20.1. The third-order valence-electron chi connectivity index (χ3n) is 4.42. The van der Waals surface area contributed by atoms with Crippen molar-refractivity contribution >= 4 is 21.7 Å². The average molecular weight is 255 g/mol. The maximum absolute atomic E-state index is 3.30. The Morgan fingerprint density at radius 3 is 2.60 bits per heavy atom. The van der Waals surface area contributed by atoms with Gasteiger partial charge in [0.15, 0.2) is 0 Å². The SMILES string of the molecule is c1ccc2c(c1)Cc1cc3cc4cc[nH]c4cc3cc1-2. The molecule has 0 atom stereocenters. The molecule has 4 aromatic rings. The summed E-state index contributed by atoms with van der Waals surface area (Å²) in [5.41, 5.74) is 6.91. The highest BCUT2D eigenvalue weighted by molar-refractivity contribution is 6.00. The van der Waals surface area contributed by atoms with Gasteiger partial charge in [0.2, 0.25) is 0 Å². The standard InChI is InChI=1S/C19H13N/c1-2-4-17-12(3-1)7-16-9-14-8-13-5-6-20-19(13)11-15(14)10-18(16)17/h1-6,8-11,20H,7H2. The fraction of sp³-hybridized carbons (Fsp3) is 0.0526. The normalized spacial score (nSPS) is 12.8. The van der Waals surface area contributed by atoms with Gasteiger partial charge < -0.3 is 4.98 Å². The second-order valence-corrected chi connectivity index (χ2v) is 5.61. The van der Waals surface area contributed by atoms with Gasteiger partial charge in [-0.25, -0.2) is 0 Å². The molecule has 3 aromatic carbocycles. The van der Waals surface area contributed by atoms with Crippen LogP contribution in [0.4, 0.5) is 0 Å². The van der Waals surface area contributed by atoms with Crippen LogP contribution >= 0.6 is 0 Å². The summed E-state index contributed by atoms with van der Waals surface area (Å²) in [7, 11) is 0. The van der Waals surface area contributed by atoms with Gasteiger partial charge in [0, 0.05) is 11.7 Å². The fourth-order valence-electron chi connectivity index (χ4n) is 3.44. The van der Waals surface area contributed by atoms with Gasteiger partial charge in [-0.3, -0.25) is 0 Å². The van der Waals surface area contributed by atoms with Gasteiger partial charge in [0.25, 0.3) is 0 Å². The third-order valence-corrected chi connectivity index (χ3v) is 4.42. The molecule has 1 aliphatic rings. The molecule has 20 heavy (non-hydrogen) atoms. The molecular weight excluding hydrogens is 242 g/mol. The first-order chi connectivity index (χ1) is 9.88. The number of nitrogens with one attached hydrogen (secondary N) is 1. The maximum Gasteiger partial charge on any atom is 0.0460 e. The minimum absolute atomic E-state index is 1.06. The molecule has 0 unspecified atom stereocenters. The molecule has 5 rings (SSSR count). The number of H-pyrrole nitrogens is 1. The number of benzene rings is 3. The van der Waals surface area contributed by atoms with E-state index in [2.05, 4.69) is 59.6 Å². The van der Waals surface area contributed by atoms with Gasteiger partial charge in [-0.2, -0.15) is 0 Å². The van der Waals surface area contributed by atoms with Crippen LogP contribution < -0.4 is 0 Å². The Bertz CT molecular complexity index is 976. The van der Waals surface area contributed by atoms with Crippen molar-refractivity contribution in [3.63, 3.8) is 0 Å². The molecule has 1 aromatic heterocycles. The smallest absolute Gasteiger partial charge is 0.0460 e. The number of hydrogen-bond acceptors (Lipinski definition) is 0. The number of rotatable bonds is 0. The molecule has 0 bridgehead atoms. The maximum atomic E-state index is 3.30. The van der Waals surface area contributed by atoms with Crippen molar-refractivity contribution < 1.29 is 0 Å². The molecule has 0 amide bonds. The van der Waals surface area contributed by atoms with Crippen LogP contribution in [0, 0.1) is 0 Å². The zero-order valence-electron chi connectivity index (χ0n) is 11.0. The van der Waals surface area contributed by atoms with Gasteiger partial charge in [0.05, 0.1) is 0 Å². The minimum atomic E-state index is 1.06. The van der Waals surface area contributed by atoms with Gasteiger partial charge >= 0.3 is 0 Å². The molecule has 1 heteroatoms. The van der Waals surface area contributed by atoms with E-state index in [-0.39, 0.29) is 0 Å². The molecular formula is C19H13N. The van der Waals surface area contributed by atoms with Crippen molar-refractivity contribution in [1.29, 1.82) is 0 Å². The van der Waals surface area contributed by atoms with Crippen molar-refractivity contribution in [2.75, 3.05) is 0 Å². The van der Waals surface area contributed by atoms with E-state index in [9.17, 15) is 0 Å². The second-order valence-electron chi connectivity index (χ2n) is 5.61. The Labute approximate surface area is 116 Å². The minimum Gasteiger partial charge on any atom is -0.361 e. The van der Waals surface area contributed by atoms with Crippen LogP contribution in [0.3, 0.4) is 0 Å². The predicted molar refractivity (Wildman–Crippen MR) is 84.0 cm³/mol. The number of aromatic amines is 1. The van der Waals surface area contributed by atoms with Gasteiger partial charge in [-0.15, -0.1) is 0 Å². The summed E-state index contributed by atoms with van der Waals surface area (Å²) in [4.78, 5) is 3.30. The molecule has 0 saturated heterocycles. The highest BCUT2D eigenvalue weighted by Crippen LogP contribution is 2.39. The summed E-state index contributed by atoms with van der Waals surface area (Å²) in [6.45, 7) is 0. The van der Waals surface area contributed by atoms with E-state index in [0.717, 1.165) is 6.42 Å². The summed E-state index contributed by atoms with van der Waals surface area (Å²) in [5.74, 6) is 0. The lowest BCUT2D eigenvalue weighted by Crippen LogP contribution is -1.82. The van der Waals surface area contributed by atoms with Crippen LogP contribution in [0.15, 0.2) is 60.8 Å². The zero-order valence-corrected chi connectivity index (χ0v) is 11.0. The van der Waals surface area contributed by atoms with Crippen LogP contribution in [0.25, 0.3) is 32.8 Å². The quantitative estimate of drug-likeness (QED) is 0.405. The molecule has 1 aliphatic carbocycles. The van der Waals surface area contributed by atoms with Crippen LogP contribution in [0.2, 0.25) is 0 Å². The molecule has 0 saturated carbocycles. The first-order valence-electron chi connectivity index (χ1n) is 7.00. The largest absolute Gasteiger partial charge is 0.361 e. The first-order valence-corrected chi connectivity index (χ1v) is 7.00. The molecule has 94 valence electrons. The Morgan fingerprint density at radius 2 is 1.60 bits per heavy atom. The van der Waals surface area contributed by atoms with E-state index in [4.69, 9.17) is 0 Å². The van der Waals surface area contributed by atoms with Crippen LogP contribution in [-0.2, 0) is 6.42 Å².